The molecule has 1 aliphatic heterocycles. The van der Waals surface area contributed by atoms with E-state index in [1.54, 1.807) is 18.2 Å². The standard InChI is InChI=1S/C24H32N2O4S/c1-7-21(26(31(6,28)29)18-10-8-9-16(2)13-18)23(27)25-20-15-24(4,5)30-22-12-11-17(3)14-19(20)22/h8-14,20-21H,7,15H2,1-6H3,(H,25,27)/t20-,21-/m0/s1. The molecule has 0 aliphatic carbocycles. The number of aryl methyl sites for hydroxylation is 2. The summed E-state index contributed by atoms with van der Waals surface area (Å²) in [6, 6.07) is 12.0. The Hall–Kier alpha value is -2.54. The van der Waals surface area contributed by atoms with Gasteiger partial charge in [-0.3, -0.25) is 9.10 Å². The van der Waals surface area contributed by atoms with Crippen LogP contribution >= 0.6 is 0 Å². The maximum Gasteiger partial charge on any atom is 0.244 e. The molecule has 0 saturated carbocycles. The zero-order valence-electron chi connectivity index (χ0n) is 19.1. The Bertz CT molecular complexity index is 1080. The molecule has 1 amide bonds. The van der Waals surface area contributed by atoms with Crippen LogP contribution in [0.3, 0.4) is 0 Å². The molecule has 0 bridgehead atoms. The summed E-state index contributed by atoms with van der Waals surface area (Å²) in [7, 11) is -3.67. The van der Waals surface area contributed by atoms with Crippen molar-refractivity contribution in [1.29, 1.82) is 0 Å². The van der Waals surface area contributed by atoms with Gasteiger partial charge in [-0.05, 0) is 57.9 Å². The highest BCUT2D eigenvalue weighted by Gasteiger charge is 2.37. The molecule has 6 nitrogen and oxygen atoms in total. The Morgan fingerprint density at radius 1 is 1.19 bits per heavy atom. The van der Waals surface area contributed by atoms with E-state index in [2.05, 4.69) is 5.32 Å². The summed E-state index contributed by atoms with van der Waals surface area (Å²) in [5.74, 6) is 0.434. The molecule has 31 heavy (non-hydrogen) atoms. The highest BCUT2D eigenvalue weighted by molar-refractivity contribution is 7.92. The van der Waals surface area contributed by atoms with Crippen LogP contribution in [0.15, 0.2) is 42.5 Å². The number of hydrogen-bond acceptors (Lipinski definition) is 4. The Balaban J connectivity index is 1.96. The third-order valence-electron chi connectivity index (χ3n) is 5.53. The van der Waals surface area contributed by atoms with Gasteiger partial charge in [-0.2, -0.15) is 0 Å². The molecule has 0 aromatic heterocycles. The lowest BCUT2D eigenvalue weighted by molar-refractivity contribution is -0.123. The SMILES string of the molecule is CC[C@@H](C(=O)N[C@H]1CC(C)(C)Oc2ccc(C)cc21)N(c1cccc(C)c1)S(C)(=O)=O. The van der Waals surface area contributed by atoms with Gasteiger partial charge in [0.05, 0.1) is 18.0 Å². The summed E-state index contributed by atoms with van der Waals surface area (Å²) in [5, 5.41) is 3.12. The van der Waals surface area contributed by atoms with Crippen LogP contribution in [0.25, 0.3) is 0 Å². The van der Waals surface area contributed by atoms with E-state index in [-0.39, 0.29) is 11.9 Å². The Morgan fingerprint density at radius 3 is 2.48 bits per heavy atom. The van der Waals surface area contributed by atoms with Gasteiger partial charge in [-0.15, -0.1) is 0 Å². The number of hydrogen-bond donors (Lipinski definition) is 1. The van der Waals surface area contributed by atoms with Crippen molar-refractivity contribution < 1.29 is 17.9 Å². The number of nitrogens with one attached hydrogen (secondary N) is 1. The summed E-state index contributed by atoms with van der Waals surface area (Å²) in [6.45, 7) is 9.69. The summed E-state index contributed by atoms with van der Waals surface area (Å²) >= 11 is 0. The van der Waals surface area contributed by atoms with Crippen molar-refractivity contribution in [3.63, 3.8) is 0 Å². The second-order valence-corrected chi connectivity index (χ2v) is 10.8. The molecule has 1 aliphatic rings. The second kappa shape index (κ2) is 8.54. The van der Waals surface area contributed by atoms with Crippen LogP contribution in [0.1, 0.15) is 56.3 Å². The third-order valence-corrected chi connectivity index (χ3v) is 6.70. The van der Waals surface area contributed by atoms with Crippen LogP contribution in [0.4, 0.5) is 5.69 Å². The molecule has 0 unspecified atom stereocenters. The average Bonchev–Trinajstić information content (AvgIpc) is 2.64. The van der Waals surface area contributed by atoms with Crippen molar-refractivity contribution in [1.82, 2.24) is 5.32 Å². The molecule has 0 radical (unpaired) electrons. The maximum atomic E-state index is 13.4. The first kappa shape index (κ1) is 23.1. The first-order chi connectivity index (χ1) is 14.4. The molecular formula is C24H32N2O4S. The first-order valence-corrected chi connectivity index (χ1v) is 12.4. The number of carbonyl (C=O) groups excluding carboxylic acids is 1. The van der Waals surface area contributed by atoms with E-state index in [1.807, 2.05) is 58.9 Å². The molecule has 2 aromatic carbocycles. The molecule has 0 spiro atoms. The van der Waals surface area contributed by atoms with Gasteiger partial charge < -0.3 is 10.1 Å². The largest absolute Gasteiger partial charge is 0.487 e. The summed E-state index contributed by atoms with van der Waals surface area (Å²) < 4.78 is 32.8. The Morgan fingerprint density at radius 2 is 1.87 bits per heavy atom. The Labute approximate surface area is 185 Å². The van der Waals surface area contributed by atoms with Crippen LogP contribution in [0, 0.1) is 13.8 Å². The number of benzene rings is 2. The van der Waals surface area contributed by atoms with Crippen LogP contribution in [-0.4, -0.2) is 32.2 Å². The van der Waals surface area contributed by atoms with Gasteiger partial charge in [-0.1, -0.05) is 36.8 Å². The number of sulfonamides is 1. The Kier molecular flexibility index (Phi) is 6.37. The van der Waals surface area contributed by atoms with E-state index in [4.69, 9.17) is 4.74 Å². The molecule has 0 fully saturated rings. The van der Waals surface area contributed by atoms with E-state index in [1.165, 1.54) is 4.31 Å². The van der Waals surface area contributed by atoms with Crippen molar-refractivity contribution in [2.45, 2.75) is 65.1 Å². The predicted octanol–water partition coefficient (Wildman–Crippen LogP) is 4.27. The zero-order valence-corrected chi connectivity index (χ0v) is 19.9. The molecule has 2 aromatic rings. The van der Waals surface area contributed by atoms with Crippen molar-refractivity contribution in [2.24, 2.45) is 0 Å². The van der Waals surface area contributed by atoms with E-state index >= 15 is 0 Å². The normalized spacial score (nSPS) is 18.5. The van der Waals surface area contributed by atoms with Crippen molar-refractivity contribution in [3.8, 4) is 5.75 Å². The molecule has 168 valence electrons. The highest BCUT2D eigenvalue weighted by atomic mass is 32.2. The van der Waals surface area contributed by atoms with Gasteiger partial charge in [0.15, 0.2) is 0 Å². The van der Waals surface area contributed by atoms with Gasteiger partial charge in [0.25, 0.3) is 0 Å². The lowest BCUT2D eigenvalue weighted by Gasteiger charge is -2.39. The molecular weight excluding hydrogens is 412 g/mol. The van der Waals surface area contributed by atoms with Crippen molar-refractivity contribution in [3.05, 3.63) is 59.2 Å². The van der Waals surface area contributed by atoms with Crippen LogP contribution in [0.5, 0.6) is 5.75 Å². The lowest BCUT2D eigenvalue weighted by atomic mass is 9.88. The third kappa shape index (κ3) is 5.21. The van der Waals surface area contributed by atoms with Gasteiger partial charge in [0.2, 0.25) is 15.9 Å². The van der Waals surface area contributed by atoms with Crippen molar-refractivity contribution >= 4 is 21.6 Å². The molecule has 1 N–H and O–H groups in total. The fraction of sp³-hybridized carbons (Fsp3) is 0.458. The summed E-state index contributed by atoms with van der Waals surface area (Å²) in [6.07, 6.45) is 2.08. The van der Waals surface area contributed by atoms with E-state index in [9.17, 15) is 13.2 Å². The number of carbonyl (C=O) groups is 1. The monoisotopic (exact) mass is 444 g/mol. The van der Waals surface area contributed by atoms with Crippen LogP contribution in [0.2, 0.25) is 0 Å². The van der Waals surface area contributed by atoms with Crippen LogP contribution in [-0.2, 0) is 14.8 Å². The van der Waals surface area contributed by atoms with E-state index in [0.29, 0.717) is 18.5 Å². The minimum absolute atomic E-state index is 0.265. The number of amides is 1. The predicted molar refractivity (Wildman–Crippen MR) is 124 cm³/mol. The second-order valence-electron chi connectivity index (χ2n) is 8.99. The number of rotatable bonds is 6. The summed E-state index contributed by atoms with van der Waals surface area (Å²) in [5.41, 5.74) is 2.97. The highest BCUT2D eigenvalue weighted by Crippen LogP contribution is 2.40. The van der Waals surface area contributed by atoms with Gasteiger partial charge in [0.1, 0.15) is 17.4 Å². The van der Waals surface area contributed by atoms with Crippen LogP contribution < -0.4 is 14.4 Å². The fourth-order valence-corrected chi connectivity index (χ4v) is 5.40. The molecule has 0 saturated heterocycles. The minimum atomic E-state index is -3.67. The number of fused-ring (bicyclic) bond motifs is 1. The number of ether oxygens (including phenoxy) is 1. The van der Waals surface area contributed by atoms with Gasteiger partial charge in [0, 0.05) is 12.0 Å². The van der Waals surface area contributed by atoms with E-state index in [0.717, 1.165) is 28.7 Å². The molecule has 7 heteroatoms. The molecule has 1 heterocycles. The molecule has 3 rings (SSSR count). The first-order valence-electron chi connectivity index (χ1n) is 10.6. The van der Waals surface area contributed by atoms with Gasteiger partial charge in [-0.25, -0.2) is 8.42 Å². The van der Waals surface area contributed by atoms with Crippen molar-refractivity contribution in [2.75, 3.05) is 10.6 Å². The smallest absolute Gasteiger partial charge is 0.244 e. The molecule has 2 atom stereocenters. The summed E-state index contributed by atoms with van der Waals surface area (Å²) in [4.78, 5) is 13.4. The number of nitrogens with zero attached hydrogens (tertiary/aromatic N) is 1. The quantitative estimate of drug-likeness (QED) is 0.722. The average molecular weight is 445 g/mol. The maximum absolute atomic E-state index is 13.4. The fourth-order valence-electron chi connectivity index (χ4n) is 4.20. The zero-order chi connectivity index (χ0) is 23.0. The topological polar surface area (TPSA) is 75.7 Å². The number of anilines is 1. The lowest BCUT2D eigenvalue weighted by Crippen LogP contribution is -2.51. The van der Waals surface area contributed by atoms with Gasteiger partial charge >= 0.3 is 0 Å². The van der Waals surface area contributed by atoms with E-state index < -0.39 is 21.7 Å². The minimum Gasteiger partial charge on any atom is -0.487 e.